The molecule has 0 radical (unpaired) electrons. The number of benzene rings is 2. The van der Waals surface area contributed by atoms with E-state index in [4.69, 9.17) is 4.98 Å². The van der Waals surface area contributed by atoms with Gasteiger partial charge in [-0.2, -0.15) is 0 Å². The molecule has 5 heteroatoms. The smallest absolute Gasteiger partial charge is 0.254 e. The van der Waals surface area contributed by atoms with Gasteiger partial charge in [0, 0.05) is 19.5 Å². The molecule has 3 rings (SSSR count). The third-order valence-corrected chi connectivity index (χ3v) is 5.45. The van der Waals surface area contributed by atoms with E-state index in [0.717, 1.165) is 43.6 Å². The lowest BCUT2D eigenvalue weighted by atomic mass is 10.1. The Hall–Kier alpha value is -2.69. The van der Waals surface area contributed by atoms with Crippen LogP contribution in [0.4, 0.5) is 4.39 Å². The molecule has 1 aromatic heterocycles. The van der Waals surface area contributed by atoms with Crippen molar-refractivity contribution in [3.8, 4) is 0 Å². The molecular weight excluding hydrogens is 377 g/mol. The second-order valence-corrected chi connectivity index (χ2v) is 7.78. The molecule has 1 N–H and O–H groups in total. The van der Waals surface area contributed by atoms with E-state index in [0.29, 0.717) is 6.54 Å². The van der Waals surface area contributed by atoms with Crippen LogP contribution in [0, 0.1) is 5.82 Å². The number of carbonyl (C=O) groups excluding carboxylic acids is 1. The second kappa shape index (κ2) is 11.5. The summed E-state index contributed by atoms with van der Waals surface area (Å²) in [6.07, 6.45) is 8.78. The number of carbonyl (C=O) groups is 1. The van der Waals surface area contributed by atoms with Crippen LogP contribution in [0.3, 0.4) is 0 Å². The SMILES string of the molecule is CCCCCCn1c(CCCCCNC(=O)c2ccccc2F)nc2ccccc21. The summed E-state index contributed by atoms with van der Waals surface area (Å²) < 4.78 is 16.0. The molecule has 0 spiro atoms. The Bertz CT molecular complexity index is 950. The fourth-order valence-corrected chi connectivity index (χ4v) is 3.79. The van der Waals surface area contributed by atoms with E-state index in [9.17, 15) is 9.18 Å². The summed E-state index contributed by atoms with van der Waals surface area (Å²) in [6.45, 7) is 3.81. The van der Waals surface area contributed by atoms with Gasteiger partial charge in [-0.1, -0.05) is 56.9 Å². The number of imidazole rings is 1. The lowest BCUT2D eigenvalue weighted by Crippen LogP contribution is -2.25. The van der Waals surface area contributed by atoms with E-state index >= 15 is 0 Å². The number of fused-ring (bicyclic) bond motifs is 1. The number of amides is 1. The molecule has 0 saturated carbocycles. The fourth-order valence-electron chi connectivity index (χ4n) is 3.79. The average Bonchev–Trinajstić information content (AvgIpc) is 3.11. The number of nitrogens with one attached hydrogen (secondary N) is 1. The zero-order valence-corrected chi connectivity index (χ0v) is 17.9. The van der Waals surface area contributed by atoms with Crippen LogP contribution in [0.1, 0.15) is 68.1 Å². The Balaban J connectivity index is 1.46. The van der Waals surface area contributed by atoms with E-state index in [2.05, 4.69) is 35.0 Å². The first kappa shape index (κ1) is 22.0. The van der Waals surface area contributed by atoms with Crippen molar-refractivity contribution in [1.82, 2.24) is 14.9 Å². The van der Waals surface area contributed by atoms with E-state index < -0.39 is 5.82 Å². The van der Waals surface area contributed by atoms with Crippen molar-refractivity contribution in [3.05, 3.63) is 65.7 Å². The monoisotopic (exact) mass is 409 g/mol. The summed E-state index contributed by atoms with van der Waals surface area (Å²) in [7, 11) is 0. The molecule has 0 fully saturated rings. The zero-order valence-electron chi connectivity index (χ0n) is 17.9. The Morgan fingerprint density at radius 1 is 0.967 bits per heavy atom. The number of aromatic nitrogens is 2. The first-order chi connectivity index (χ1) is 14.7. The van der Waals surface area contributed by atoms with Gasteiger partial charge < -0.3 is 9.88 Å². The molecule has 0 aliphatic carbocycles. The van der Waals surface area contributed by atoms with Crippen LogP contribution in [-0.4, -0.2) is 22.0 Å². The Labute approximate surface area is 178 Å². The highest BCUT2D eigenvalue weighted by atomic mass is 19.1. The van der Waals surface area contributed by atoms with E-state index in [1.807, 2.05) is 6.07 Å². The summed E-state index contributed by atoms with van der Waals surface area (Å²) in [5.74, 6) is 0.331. The standard InChI is InChI=1S/C25H32FN3O/c1-2-3-4-12-19-29-23-16-10-9-15-22(23)28-24(29)17-6-5-11-18-27-25(30)20-13-7-8-14-21(20)26/h7-10,13-16H,2-6,11-12,17-19H2,1H3,(H,27,30). The van der Waals surface area contributed by atoms with Crippen molar-refractivity contribution in [2.75, 3.05) is 6.54 Å². The van der Waals surface area contributed by atoms with Crippen molar-refractivity contribution in [1.29, 1.82) is 0 Å². The molecule has 1 heterocycles. The predicted molar refractivity (Wildman–Crippen MR) is 120 cm³/mol. The van der Waals surface area contributed by atoms with Gasteiger partial charge >= 0.3 is 0 Å². The Morgan fingerprint density at radius 2 is 1.73 bits per heavy atom. The molecule has 0 unspecified atom stereocenters. The van der Waals surface area contributed by atoms with Gasteiger partial charge in [0.05, 0.1) is 16.6 Å². The van der Waals surface area contributed by atoms with Crippen molar-refractivity contribution in [2.45, 2.75) is 64.8 Å². The Morgan fingerprint density at radius 3 is 2.57 bits per heavy atom. The van der Waals surface area contributed by atoms with Crippen LogP contribution in [0.25, 0.3) is 11.0 Å². The summed E-state index contributed by atoms with van der Waals surface area (Å²) in [5, 5.41) is 2.81. The van der Waals surface area contributed by atoms with Crippen LogP contribution in [-0.2, 0) is 13.0 Å². The van der Waals surface area contributed by atoms with Gasteiger partial charge in [-0.15, -0.1) is 0 Å². The highest BCUT2D eigenvalue weighted by Crippen LogP contribution is 2.19. The quantitative estimate of drug-likeness (QED) is 0.379. The van der Waals surface area contributed by atoms with Gasteiger partial charge in [-0.3, -0.25) is 4.79 Å². The first-order valence-electron chi connectivity index (χ1n) is 11.2. The van der Waals surface area contributed by atoms with Crippen molar-refractivity contribution < 1.29 is 9.18 Å². The van der Waals surface area contributed by atoms with Crippen LogP contribution >= 0.6 is 0 Å². The maximum Gasteiger partial charge on any atom is 0.254 e. The molecule has 160 valence electrons. The minimum atomic E-state index is -0.479. The number of rotatable bonds is 12. The normalized spacial score (nSPS) is 11.1. The molecule has 2 aromatic carbocycles. The highest BCUT2D eigenvalue weighted by Gasteiger charge is 2.11. The third kappa shape index (κ3) is 5.91. The summed E-state index contributed by atoms with van der Waals surface area (Å²) >= 11 is 0. The van der Waals surface area contributed by atoms with Crippen molar-refractivity contribution in [2.24, 2.45) is 0 Å². The van der Waals surface area contributed by atoms with Gasteiger partial charge in [0.25, 0.3) is 5.91 Å². The molecule has 1 amide bonds. The largest absolute Gasteiger partial charge is 0.352 e. The second-order valence-electron chi connectivity index (χ2n) is 7.78. The minimum Gasteiger partial charge on any atom is -0.352 e. The molecular formula is C25H32FN3O. The number of hydrogen-bond donors (Lipinski definition) is 1. The van der Waals surface area contributed by atoms with Crippen LogP contribution in [0.15, 0.2) is 48.5 Å². The van der Waals surface area contributed by atoms with Crippen LogP contribution in [0.2, 0.25) is 0 Å². The zero-order chi connectivity index (χ0) is 21.2. The number of hydrogen-bond acceptors (Lipinski definition) is 2. The van der Waals surface area contributed by atoms with E-state index in [1.165, 1.54) is 43.3 Å². The average molecular weight is 410 g/mol. The van der Waals surface area contributed by atoms with Crippen molar-refractivity contribution >= 4 is 16.9 Å². The molecule has 30 heavy (non-hydrogen) atoms. The number of halogens is 1. The molecule has 3 aromatic rings. The van der Waals surface area contributed by atoms with E-state index in [1.54, 1.807) is 12.1 Å². The van der Waals surface area contributed by atoms with Gasteiger partial charge in [-0.05, 0) is 43.5 Å². The molecule has 0 saturated heterocycles. The molecule has 4 nitrogen and oxygen atoms in total. The van der Waals surface area contributed by atoms with Gasteiger partial charge in [0.1, 0.15) is 11.6 Å². The van der Waals surface area contributed by atoms with Crippen molar-refractivity contribution in [3.63, 3.8) is 0 Å². The lowest BCUT2D eigenvalue weighted by molar-refractivity contribution is 0.0949. The fraction of sp³-hybridized carbons (Fsp3) is 0.440. The van der Waals surface area contributed by atoms with Gasteiger partial charge in [-0.25, -0.2) is 9.37 Å². The number of aryl methyl sites for hydroxylation is 2. The van der Waals surface area contributed by atoms with Crippen LogP contribution < -0.4 is 5.32 Å². The topological polar surface area (TPSA) is 46.9 Å². The lowest BCUT2D eigenvalue weighted by Gasteiger charge is -2.09. The molecule has 0 aliphatic rings. The molecule has 0 bridgehead atoms. The highest BCUT2D eigenvalue weighted by molar-refractivity contribution is 5.94. The maximum atomic E-state index is 13.6. The number of para-hydroxylation sites is 2. The molecule has 0 atom stereocenters. The third-order valence-electron chi connectivity index (χ3n) is 5.45. The summed E-state index contributed by atoms with van der Waals surface area (Å²) in [5.41, 5.74) is 2.40. The van der Waals surface area contributed by atoms with Gasteiger partial charge in [0.2, 0.25) is 0 Å². The maximum absolute atomic E-state index is 13.6. The van der Waals surface area contributed by atoms with Gasteiger partial charge in [0.15, 0.2) is 0 Å². The van der Waals surface area contributed by atoms with E-state index in [-0.39, 0.29) is 11.5 Å². The minimum absolute atomic E-state index is 0.106. The number of nitrogens with zero attached hydrogens (tertiary/aromatic N) is 2. The predicted octanol–water partition coefficient (Wildman–Crippen LogP) is 5.90. The van der Waals surface area contributed by atoms with Crippen LogP contribution in [0.5, 0.6) is 0 Å². The summed E-state index contributed by atoms with van der Waals surface area (Å²) in [6, 6.07) is 14.4. The summed E-state index contributed by atoms with van der Waals surface area (Å²) in [4.78, 5) is 16.9. The first-order valence-corrected chi connectivity index (χ1v) is 11.2. The number of unbranched alkanes of at least 4 members (excludes halogenated alkanes) is 5. The molecule has 0 aliphatic heterocycles. The Kier molecular flexibility index (Phi) is 8.42.